The smallest absolute Gasteiger partial charge is 0.227 e. The molecule has 0 spiro atoms. The number of rotatable bonds is 7. The number of nitrogens with zero attached hydrogens (tertiary/aromatic N) is 1. The normalized spacial score (nSPS) is 13.5. The Bertz CT molecular complexity index is 511. The van der Waals surface area contributed by atoms with Crippen molar-refractivity contribution in [3.8, 4) is 6.07 Å². The van der Waals surface area contributed by atoms with Crippen molar-refractivity contribution in [3.05, 3.63) is 24.3 Å². The molecule has 0 aromatic heterocycles. The molecule has 2 N–H and O–H groups in total. The predicted octanol–water partition coefficient (Wildman–Crippen LogP) is 3.28. The first-order valence-electron chi connectivity index (χ1n) is 7.03. The lowest BCUT2D eigenvalue weighted by Gasteiger charge is -2.15. The molecule has 114 valence electrons. The van der Waals surface area contributed by atoms with Crippen molar-refractivity contribution in [1.82, 2.24) is 0 Å². The summed E-state index contributed by atoms with van der Waals surface area (Å²) in [5, 5.41) is 21.4. The van der Waals surface area contributed by atoms with E-state index in [9.17, 15) is 9.90 Å². The molecule has 0 saturated heterocycles. The molecule has 2 unspecified atom stereocenters. The van der Waals surface area contributed by atoms with Crippen molar-refractivity contribution < 1.29 is 9.90 Å². The van der Waals surface area contributed by atoms with Gasteiger partial charge < -0.3 is 10.4 Å². The lowest BCUT2D eigenvalue weighted by Crippen LogP contribution is -2.23. The van der Waals surface area contributed by atoms with Crippen molar-refractivity contribution in [2.24, 2.45) is 11.8 Å². The molecule has 1 aromatic carbocycles. The molecule has 1 rings (SSSR count). The van der Waals surface area contributed by atoms with Crippen LogP contribution >= 0.6 is 11.8 Å². The highest BCUT2D eigenvalue weighted by atomic mass is 32.2. The number of nitrogens with one attached hydrogen (secondary N) is 1. The van der Waals surface area contributed by atoms with Crippen LogP contribution in [0.2, 0.25) is 0 Å². The lowest BCUT2D eigenvalue weighted by molar-refractivity contribution is -0.118. The van der Waals surface area contributed by atoms with Crippen LogP contribution in [0.15, 0.2) is 29.2 Å². The number of aliphatic hydroxyl groups is 1. The molecule has 0 heterocycles. The van der Waals surface area contributed by atoms with Crippen LogP contribution in [-0.2, 0) is 4.79 Å². The van der Waals surface area contributed by atoms with Gasteiger partial charge in [0.25, 0.3) is 0 Å². The maximum Gasteiger partial charge on any atom is 0.227 e. The van der Waals surface area contributed by atoms with Crippen molar-refractivity contribution in [2.45, 2.75) is 38.2 Å². The van der Waals surface area contributed by atoms with Crippen LogP contribution in [0.25, 0.3) is 0 Å². The minimum Gasteiger partial charge on any atom is -0.392 e. The number of hydrogen-bond donors (Lipinski definition) is 2. The molecule has 2 atom stereocenters. The number of amides is 1. The van der Waals surface area contributed by atoms with Gasteiger partial charge in [-0.25, -0.2) is 0 Å². The summed E-state index contributed by atoms with van der Waals surface area (Å²) in [4.78, 5) is 12.9. The van der Waals surface area contributed by atoms with Gasteiger partial charge in [-0.1, -0.05) is 26.0 Å². The molecule has 0 aliphatic heterocycles. The zero-order chi connectivity index (χ0) is 15.8. The highest BCUT2D eigenvalue weighted by Gasteiger charge is 2.15. The zero-order valence-corrected chi connectivity index (χ0v) is 13.5. The monoisotopic (exact) mass is 306 g/mol. The largest absolute Gasteiger partial charge is 0.392 e. The summed E-state index contributed by atoms with van der Waals surface area (Å²) in [5.41, 5.74) is 0.730. The molecule has 0 bridgehead atoms. The van der Waals surface area contributed by atoms with Gasteiger partial charge in [-0.15, -0.1) is 11.8 Å². The quantitative estimate of drug-likeness (QED) is 0.758. The third kappa shape index (κ3) is 6.19. The fourth-order valence-corrected chi connectivity index (χ4v) is 2.53. The molecule has 0 saturated carbocycles. The molecular weight excluding hydrogens is 284 g/mol. The van der Waals surface area contributed by atoms with E-state index in [0.717, 1.165) is 10.6 Å². The minimum atomic E-state index is -0.636. The summed E-state index contributed by atoms with van der Waals surface area (Å²) < 4.78 is 0. The number of anilines is 1. The van der Waals surface area contributed by atoms with Crippen molar-refractivity contribution >= 4 is 23.4 Å². The Kier molecular flexibility index (Phi) is 7.27. The van der Waals surface area contributed by atoms with E-state index in [0.29, 0.717) is 5.75 Å². The maximum atomic E-state index is 11.9. The Balaban J connectivity index is 2.66. The second-order valence-corrected chi connectivity index (χ2v) is 6.46. The predicted molar refractivity (Wildman–Crippen MR) is 86.0 cm³/mol. The Morgan fingerprint density at radius 2 is 2.05 bits per heavy atom. The van der Waals surface area contributed by atoms with E-state index in [2.05, 4.69) is 11.4 Å². The Morgan fingerprint density at radius 3 is 2.67 bits per heavy atom. The molecule has 0 aliphatic carbocycles. The Labute approximate surface area is 130 Å². The molecular formula is C16H22N2O2S. The van der Waals surface area contributed by atoms with E-state index in [1.807, 2.05) is 45.0 Å². The highest BCUT2D eigenvalue weighted by Crippen LogP contribution is 2.28. The van der Waals surface area contributed by atoms with E-state index in [4.69, 9.17) is 5.26 Å². The number of benzene rings is 1. The highest BCUT2D eigenvalue weighted by molar-refractivity contribution is 7.99. The van der Waals surface area contributed by atoms with Crippen LogP contribution in [0.1, 0.15) is 27.2 Å². The third-order valence-electron chi connectivity index (χ3n) is 3.03. The number of carbonyl (C=O) groups is 1. The standard InChI is InChI=1S/C16H22N2O2S/c1-11(2)14(19)8-16(20)18-13-6-4-5-7-15(13)21-10-12(3)9-17/h4-7,11-12,14,19H,8,10H2,1-3H3,(H,18,20). The van der Waals surface area contributed by atoms with Crippen molar-refractivity contribution in [1.29, 1.82) is 5.26 Å². The minimum absolute atomic E-state index is 0.0403. The fourth-order valence-electron chi connectivity index (χ4n) is 1.57. The number of thioether (sulfide) groups is 1. The van der Waals surface area contributed by atoms with Gasteiger partial charge in [-0.3, -0.25) is 4.79 Å². The van der Waals surface area contributed by atoms with E-state index < -0.39 is 6.10 Å². The van der Waals surface area contributed by atoms with Crippen LogP contribution in [-0.4, -0.2) is 22.9 Å². The summed E-state index contributed by atoms with van der Waals surface area (Å²) in [6.07, 6.45) is -0.547. The fraction of sp³-hybridized carbons (Fsp3) is 0.500. The van der Waals surface area contributed by atoms with Gasteiger partial charge in [0.15, 0.2) is 0 Å². The molecule has 1 aromatic rings. The van der Waals surface area contributed by atoms with Gasteiger partial charge in [0.05, 0.1) is 30.2 Å². The van der Waals surface area contributed by atoms with E-state index in [1.54, 1.807) is 11.8 Å². The maximum absolute atomic E-state index is 11.9. The second kappa shape index (κ2) is 8.71. The molecule has 0 aliphatic rings. The van der Waals surface area contributed by atoms with Crippen molar-refractivity contribution in [3.63, 3.8) is 0 Å². The summed E-state index contributed by atoms with van der Waals surface area (Å²) in [6, 6.07) is 9.70. The zero-order valence-electron chi connectivity index (χ0n) is 12.7. The molecule has 4 nitrogen and oxygen atoms in total. The number of hydrogen-bond acceptors (Lipinski definition) is 4. The molecule has 0 radical (unpaired) electrons. The molecule has 1 amide bonds. The Hall–Kier alpha value is -1.51. The first kappa shape index (κ1) is 17.5. The third-order valence-corrected chi connectivity index (χ3v) is 4.37. The van der Waals surface area contributed by atoms with Crippen LogP contribution < -0.4 is 5.32 Å². The van der Waals surface area contributed by atoms with Crippen LogP contribution in [0, 0.1) is 23.2 Å². The van der Waals surface area contributed by atoms with Gasteiger partial charge >= 0.3 is 0 Å². The van der Waals surface area contributed by atoms with Gasteiger partial charge in [0.1, 0.15) is 0 Å². The number of carbonyl (C=O) groups excluding carboxylic acids is 1. The van der Waals surface area contributed by atoms with Crippen LogP contribution in [0.5, 0.6) is 0 Å². The molecule has 5 heteroatoms. The van der Waals surface area contributed by atoms with Gasteiger partial charge in [0.2, 0.25) is 5.91 Å². The van der Waals surface area contributed by atoms with Gasteiger partial charge in [-0.2, -0.15) is 5.26 Å². The Morgan fingerprint density at radius 1 is 1.38 bits per heavy atom. The first-order valence-corrected chi connectivity index (χ1v) is 8.02. The van der Waals surface area contributed by atoms with Crippen LogP contribution in [0.3, 0.4) is 0 Å². The molecule has 21 heavy (non-hydrogen) atoms. The lowest BCUT2D eigenvalue weighted by atomic mass is 10.0. The summed E-state index contributed by atoms with van der Waals surface area (Å²) in [6.45, 7) is 5.63. The number of aliphatic hydroxyl groups excluding tert-OH is 1. The van der Waals surface area contributed by atoms with Gasteiger partial charge in [-0.05, 0) is 25.0 Å². The average Bonchev–Trinajstić information content (AvgIpc) is 2.45. The SMILES string of the molecule is CC(C#N)CSc1ccccc1NC(=O)CC(O)C(C)C. The van der Waals surface area contributed by atoms with E-state index in [1.165, 1.54) is 0 Å². The molecule has 0 fully saturated rings. The number of para-hydroxylation sites is 1. The summed E-state index contributed by atoms with van der Waals surface area (Å²) in [5.74, 6) is 0.494. The van der Waals surface area contributed by atoms with Gasteiger partial charge in [0, 0.05) is 10.6 Å². The first-order chi connectivity index (χ1) is 9.93. The van der Waals surface area contributed by atoms with Crippen molar-refractivity contribution in [2.75, 3.05) is 11.1 Å². The van der Waals surface area contributed by atoms with E-state index in [-0.39, 0.29) is 24.2 Å². The van der Waals surface area contributed by atoms with E-state index >= 15 is 0 Å². The van der Waals surface area contributed by atoms with Crippen LogP contribution in [0.4, 0.5) is 5.69 Å². The number of nitriles is 1. The summed E-state index contributed by atoms with van der Waals surface area (Å²) in [7, 11) is 0. The summed E-state index contributed by atoms with van der Waals surface area (Å²) >= 11 is 1.55. The second-order valence-electron chi connectivity index (χ2n) is 5.40. The average molecular weight is 306 g/mol. The topological polar surface area (TPSA) is 73.1 Å².